The minimum atomic E-state index is 0.570. The molecule has 16 heavy (non-hydrogen) atoms. The van der Waals surface area contributed by atoms with E-state index in [4.69, 9.17) is 0 Å². The summed E-state index contributed by atoms with van der Waals surface area (Å²) in [4.78, 5) is 0. The molecule has 2 nitrogen and oxygen atoms in total. The van der Waals surface area contributed by atoms with E-state index in [9.17, 15) is 0 Å². The lowest BCUT2D eigenvalue weighted by molar-refractivity contribution is -0.744. The van der Waals surface area contributed by atoms with Gasteiger partial charge in [-0.2, -0.15) is 0 Å². The van der Waals surface area contributed by atoms with E-state index in [1.165, 1.54) is 16.8 Å². The van der Waals surface area contributed by atoms with Gasteiger partial charge < -0.3 is 0 Å². The number of aromatic nitrogens is 2. The predicted octanol–water partition coefficient (Wildman–Crippen LogP) is 2.73. The van der Waals surface area contributed by atoms with Crippen LogP contribution < -0.4 is 4.68 Å². The highest BCUT2D eigenvalue weighted by Crippen LogP contribution is 2.23. The lowest BCUT2D eigenvalue weighted by Crippen LogP contribution is -2.37. The van der Waals surface area contributed by atoms with Gasteiger partial charge in [0, 0.05) is 6.07 Å². The molecule has 0 aliphatic heterocycles. The first-order valence-electron chi connectivity index (χ1n) is 5.74. The Morgan fingerprint density at radius 3 is 2.50 bits per heavy atom. The maximum absolute atomic E-state index is 2.24. The van der Waals surface area contributed by atoms with Crippen molar-refractivity contribution in [3.63, 3.8) is 0 Å². The second-order valence-corrected chi connectivity index (χ2v) is 4.55. The first-order valence-corrected chi connectivity index (χ1v) is 5.74. The average molecular weight is 215 g/mol. The van der Waals surface area contributed by atoms with Gasteiger partial charge in [-0.3, -0.25) is 0 Å². The van der Waals surface area contributed by atoms with Gasteiger partial charge >= 0.3 is 0 Å². The second-order valence-electron chi connectivity index (χ2n) is 4.55. The molecule has 1 aromatic heterocycles. The summed E-state index contributed by atoms with van der Waals surface area (Å²) < 4.78 is 4.26. The monoisotopic (exact) mass is 215 g/mol. The zero-order chi connectivity index (χ0) is 11.7. The molecular weight excluding hydrogens is 196 g/mol. The fraction of sp³-hybridized carbons (Fsp3) is 0.357. The van der Waals surface area contributed by atoms with Crippen molar-refractivity contribution < 1.29 is 4.68 Å². The number of hydrogen-bond donors (Lipinski definition) is 0. The van der Waals surface area contributed by atoms with E-state index in [-0.39, 0.29) is 0 Å². The molecule has 0 aliphatic carbocycles. The van der Waals surface area contributed by atoms with Crippen LogP contribution in [-0.2, 0) is 7.05 Å². The lowest BCUT2D eigenvalue weighted by atomic mass is 9.97. The van der Waals surface area contributed by atoms with Gasteiger partial charge in [0.2, 0.25) is 0 Å². The molecule has 0 bridgehead atoms. The van der Waals surface area contributed by atoms with Crippen molar-refractivity contribution in [2.75, 3.05) is 0 Å². The number of aryl methyl sites for hydroxylation is 1. The van der Waals surface area contributed by atoms with Crippen molar-refractivity contribution in [2.24, 2.45) is 7.05 Å². The Hall–Kier alpha value is -1.57. The summed E-state index contributed by atoms with van der Waals surface area (Å²) in [5.41, 5.74) is 4.05. The molecule has 0 unspecified atom stereocenters. The third kappa shape index (κ3) is 1.75. The molecule has 0 saturated heterocycles. The zero-order valence-corrected chi connectivity index (χ0v) is 10.4. The number of hydrogen-bond acceptors (Lipinski definition) is 0. The van der Waals surface area contributed by atoms with Crippen LogP contribution in [0.4, 0.5) is 0 Å². The molecule has 0 N–H and O–H groups in total. The normalized spacial score (nSPS) is 11.1. The molecule has 0 atom stereocenters. The Morgan fingerprint density at radius 2 is 1.94 bits per heavy atom. The van der Waals surface area contributed by atoms with E-state index in [1.807, 2.05) is 0 Å². The SMILES string of the molecule is Cc1c(C(C)C)cccc1-n1ccc[n+]1C. The van der Waals surface area contributed by atoms with Crippen molar-refractivity contribution in [2.45, 2.75) is 26.7 Å². The van der Waals surface area contributed by atoms with Crippen molar-refractivity contribution in [3.05, 3.63) is 47.8 Å². The second kappa shape index (κ2) is 4.12. The summed E-state index contributed by atoms with van der Waals surface area (Å²) in [7, 11) is 2.06. The Kier molecular flexibility index (Phi) is 2.82. The van der Waals surface area contributed by atoms with E-state index in [2.05, 4.69) is 73.8 Å². The summed E-state index contributed by atoms with van der Waals surface area (Å²) in [6.07, 6.45) is 4.15. The smallest absolute Gasteiger partial charge is 0.128 e. The molecule has 0 radical (unpaired) electrons. The topological polar surface area (TPSA) is 8.81 Å². The van der Waals surface area contributed by atoms with E-state index < -0.39 is 0 Å². The molecule has 1 aromatic carbocycles. The minimum Gasteiger partial charge on any atom is -0.128 e. The Bertz CT molecular complexity index is 495. The average Bonchev–Trinajstić information content (AvgIpc) is 2.64. The highest BCUT2D eigenvalue weighted by Gasteiger charge is 2.12. The standard InChI is InChI=1S/C14H19N2/c1-11(2)13-7-5-8-14(12(13)3)16-10-6-9-15(16)4/h5-11H,1-4H3/q+1. The molecule has 1 heterocycles. The van der Waals surface area contributed by atoms with Crippen LogP contribution in [0.2, 0.25) is 0 Å². The highest BCUT2D eigenvalue weighted by atomic mass is 15.4. The molecule has 0 saturated carbocycles. The van der Waals surface area contributed by atoms with Crippen LogP contribution in [0.15, 0.2) is 36.7 Å². The summed E-state index contributed by atoms with van der Waals surface area (Å²) >= 11 is 0. The highest BCUT2D eigenvalue weighted by molar-refractivity contribution is 5.45. The maximum atomic E-state index is 2.24. The third-order valence-electron chi connectivity index (χ3n) is 3.08. The van der Waals surface area contributed by atoms with Gasteiger partial charge in [0.15, 0.2) is 13.2 Å². The maximum Gasteiger partial charge on any atom is 0.195 e. The molecule has 0 fully saturated rings. The minimum absolute atomic E-state index is 0.570. The van der Waals surface area contributed by atoms with Crippen LogP contribution in [-0.4, -0.2) is 4.68 Å². The summed E-state index contributed by atoms with van der Waals surface area (Å²) in [5.74, 6) is 0.570. The van der Waals surface area contributed by atoms with Gasteiger partial charge in [0.1, 0.15) is 5.69 Å². The fourth-order valence-corrected chi connectivity index (χ4v) is 2.19. The molecule has 2 heteroatoms. The van der Waals surface area contributed by atoms with Crippen molar-refractivity contribution in [1.82, 2.24) is 4.68 Å². The van der Waals surface area contributed by atoms with Crippen LogP contribution in [0.3, 0.4) is 0 Å². The van der Waals surface area contributed by atoms with Crippen molar-refractivity contribution >= 4 is 0 Å². The summed E-state index contributed by atoms with van der Waals surface area (Å²) in [6.45, 7) is 6.67. The molecule has 0 spiro atoms. The van der Waals surface area contributed by atoms with Crippen molar-refractivity contribution in [1.29, 1.82) is 0 Å². The molecular formula is C14H19N2+. The van der Waals surface area contributed by atoms with Crippen molar-refractivity contribution in [3.8, 4) is 5.69 Å². The van der Waals surface area contributed by atoms with Crippen LogP contribution in [0, 0.1) is 6.92 Å². The Balaban J connectivity index is 2.59. The zero-order valence-electron chi connectivity index (χ0n) is 10.4. The summed E-state index contributed by atoms with van der Waals surface area (Å²) in [5, 5.41) is 0. The predicted molar refractivity (Wildman–Crippen MR) is 65.8 cm³/mol. The van der Waals surface area contributed by atoms with E-state index >= 15 is 0 Å². The number of benzene rings is 1. The van der Waals surface area contributed by atoms with Crippen LogP contribution >= 0.6 is 0 Å². The van der Waals surface area contributed by atoms with Gasteiger partial charge in [-0.15, -0.1) is 9.36 Å². The largest absolute Gasteiger partial charge is 0.195 e. The van der Waals surface area contributed by atoms with Gasteiger partial charge in [0.25, 0.3) is 0 Å². The van der Waals surface area contributed by atoms with E-state index in [1.54, 1.807) is 0 Å². The van der Waals surface area contributed by atoms with Gasteiger partial charge in [-0.1, -0.05) is 26.0 Å². The van der Waals surface area contributed by atoms with Gasteiger partial charge in [-0.05, 0) is 30.0 Å². The van der Waals surface area contributed by atoms with Crippen LogP contribution in [0.25, 0.3) is 5.69 Å². The molecule has 84 valence electrons. The number of rotatable bonds is 2. The summed E-state index contributed by atoms with van der Waals surface area (Å²) in [6, 6.07) is 8.58. The van der Waals surface area contributed by atoms with E-state index in [0.29, 0.717) is 5.92 Å². The van der Waals surface area contributed by atoms with Gasteiger partial charge in [-0.25, -0.2) is 0 Å². The fourth-order valence-electron chi connectivity index (χ4n) is 2.19. The van der Waals surface area contributed by atoms with Gasteiger partial charge in [0.05, 0.1) is 6.20 Å². The Morgan fingerprint density at radius 1 is 1.19 bits per heavy atom. The number of nitrogens with zero attached hydrogens (tertiary/aromatic N) is 2. The van der Waals surface area contributed by atoms with E-state index in [0.717, 1.165) is 0 Å². The molecule has 2 rings (SSSR count). The van der Waals surface area contributed by atoms with Crippen LogP contribution in [0.1, 0.15) is 30.9 Å². The van der Waals surface area contributed by atoms with Crippen LogP contribution in [0.5, 0.6) is 0 Å². The molecule has 2 aromatic rings. The third-order valence-corrected chi connectivity index (χ3v) is 3.08. The first-order chi connectivity index (χ1) is 7.61. The molecule has 0 aliphatic rings. The Labute approximate surface area is 97.1 Å². The quantitative estimate of drug-likeness (QED) is 0.681. The first kappa shape index (κ1) is 10.9. The lowest BCUT2D eigenvalue weighted by Gasteiger charge is -2.12. The molecule has 0 amide bonds.